The Balaban J connectivity index is 0. The maximum Gasteiger partial charge on any atom is 0.325 e. The van der Waals surface area contributed by atoms with Gasteiger partial charge in [-0.15, -0.1) is 0 Å². The number of carbonyl (C=O) groups excluding carboxylic acids is 1. The molecule has 0 bridgehead atoms. The van der Waals surface area contributed by atoms with Crippen molar-refractivity contribution in [1.29, 1.82) is 0 Å². The van der Waals surface area contributed by atoms with Crippen LogP contribution in [-0.4, -0.2) is 23.1 Å². The Kier molecular flexibility index (Phi) is 7.61. The lowest BCUT2D eigenvalue weighted by atomic mass is 10.3. The molecule has 2 amide bonds. The number of nitrogens with two attached hydrogens (primary N) is 3. The van der Waals surface area contributed by atoms with E-state index < -0.39 is 18.0 Å². The van der Waals surface area contributed by atoms with Crippen LogP contribution in [0.25, 0.3) is 0 Å². The Hall–Kier alpha value is -1.34. The second kappa shape index (κ2) is 6.78. The third-order valence-electron chi connectivity index (χ3n) is 0.729. The van der Waals surface area contributed by atoms with Crippen LogP contribution in [-0.2, 0) is 4.79 Å². The van der Waals surface area contributed by atoms with Crippen LogP contribution in [0.4, 0.5) is 4.79 Å². The number of amides is 2. The normalized spacial score (nSPS) is 10.5. The Morgan fingerprint density at radius 1 is 1.45 bits per heavy atom. The topological polar surface area (TPSA) is 144 Å². The van der Waals surface area contributed by atoms with Gasteiger partial charge in [-0.25, -0.2) is 4.79 Å². The predicted molar refractivity (Wildman–Crippen MR) is 38.2 cm³/mol. The second-order valence-electron chi connectivity index (χ2n) is 1.57. The van der Waals surface area contributed by atoms with Crippen molar-refractivity contribution in [2.75, 3.05) is 0 Å². The SMILES string of the molecule is CC(NC(N)=O)C(=O)O.NN. The smallest absolute Gasteiger partial charge is 0.325 e. The lowest BCUT2D eigenvalue weighted by molar-refractivity contribution is -0.138. The van der Waals surface area contributed by atoms with Gasteiger partial charge in [0.2, 0.25) is 0 Å². The fourth-order valence-corrected chi connectivity index (χ4v) is 0.275. The number of hydrogen-bond donors (Lipinski definition) is 5. The summed E-state index contributed by atoms with van der Waals surface area (Å²) in [5.41, 5.74) is 4.62. The zero-order chi connectivity index (χ0) is 9.44. The van der Waals surface area contributed by atoms with E-state index in [2.05, 4.69) is 17.4 Å². The van der Waals surface area contributed by atoms with E-state index in [4.69, 9.17) is 5.11 Å². The van der Waals surface area contributed by atoms with E-state index in [1.54, 1.807) is 0 Å². The molecule has 0 aliphatic rings. The Morgan fingerprint density at radius 3 is 1.91 bits per heavy atom. The number of primary amides is 1. The molecule has 11 heavy (non-hydrogen) atoms. The van der Waals surface area contributed by atoms with Crippen molar-refractivity contribution >= 4 is 12.0 Å². The van der Waals surface area contributed by atoms with Crippen molar-refractivity contribution in [3.8, 4) is 0 Å². The largest absolute Gasteiger partial charge is 0.480 e. The third kappa shape index (κ3) is 8.66. The van der Waals surface area contributed by atoms with E-state index in [0.29, 0.717) is 0 Å². The van der Waals surface area contributed by atoms with Crippen LogP contribution in [0.2, 0.25) is 0 Å². The summed E-state index contributed by atoms with van der Waals surface area (Å²) in [6, 6.07) is -1.74. The minimum atomic E-state index is -1.10. The lowest BCUT2D eigenvalue weighted by Gasteiger charge is -2.04. The monoisotopic (exact) mass is 164 g/mol. The number of aliphatic carboxylic acids is 1. The molecule has 0 rings (SSSR count). The average Bonchev–Trinajstić information content (AvgIpc) is 1.90. The Morgan fingerprint density at radius 2 is 1.82 bits per heavy atom. The van der Waals surface area contributed by atoms with Crippen LogP contribution in [0.5, 0.6) is 0 Å². The zero-order valence-corrected chi connectivity index (χ0v) is 6.07. The molecule has 66 valence electrons. The molecular formula is C4H12N4O3. The Labute approximate surface area is 63.5 Å². The van der Waals surface area contributed by atoms with Crippen LogP contribution in [0.15, 0.2) is 0 Å². The molecule has 8 N–H and O–H groups in total. The second-order valence-corrected chi connectivity index (χ2v) is 1.57. The molecule has 0 aromatic heterocycles. The molecule has 7 heteroatoms. The first-order chi connectivity index (χ1) is 5.04. The summed E-state index contributed by atoms with van der Waals surface area (Å²) >= 11 is 0. The summed E-state index contributed by atoms with van der Waals surface area (Å²) in [7, 11) is 0. The molecule has 0 spiro atoms. The zero-order valence-electron chi connectivity index (χ0n) is 6.07. The summed E-state index contributed by atoms with van der Waals surface area (Å²) in [5, 5.41) is 10.1. The average molecular weight is 164 g/mol. The van der Waals surface area contributed by atoms with Crippen LogP contribution >= 0.6 is 0 Å². The molecular weight excluding hydrogens is 152 g/mol. The molecule has 0 heterocycles. The molecule has 0 radical (unpaired) electrons. The predicted octanol–water partition coefficient (Wildman–Crippen LogP) is -2.05. The van der Waals surface area contributed by atoms with E-state index in [0.717, 1.165) is 0 Å². The van der Waals surface area contributed by atoms with Crippen molar-refractivity contribution in [2.24, 2.45) is 17.4 Å². The molecule has 0 saturated carbocycles. The van der Waals surface area contributed by atoms with Gasteiger partial charge >= 0.3 is 12.0 Å². The van der Waals surface area contributed by atoms with E-state index in [-0.39, 0.29) is 0 Å². The van der Waals surface area contributed by atoms with Gasteiger partial charge in [0.05, 0.1) is 0 Å². The Bertz CT molecular complexity index is 137. The molecule has 0 saturated heterocycles. The number of carboxylic acids is 1. The maximum absolute atomic E-state index is 9.96. The van der Waals surface area contributed by atoms with E-state index in [1.165, 1.54) is 6.92 Å². The van der Waals surface area contributed by atoms with Gasteiger partial charge in [0.25, 0.3) is 0 Å². The highest BCUT2D eigenvalue weighted by molar-refractivity contribution is 5.81. The number of carboxylic acid groups (broad SMARTS) is 1. The van der Waals surface area contributed by atoms with Crippen LogP contribution in [0, 0.1) is 0 Å². The molecule has 0 aliphatic carbocycles. The lowest BCUT2D eigenvalue weighted by Crippen LogP contribution is -2.41. The number of rotatable bonds is 2. The van der Waals surface area contributed by atoms with Crippen molar-refractivity contribution in [3.05, 3.63) is 0 Å². The molecule has 1 atom stereocenters. The highest BCUT2D eigenvalue weighted by Crippen LogP contribution is 1.77. The van der Waals surface area contributed by atoms with E-state index in [9.17, 15) is 9.59 Å². The van der Waals surface area contributed by atoms with Crippen molar-refractivity contribution in [3.63, 3.8) is 0 Å². The molecule has 7 nitrogen and oxygen atoms in total. The minimum absolute atomic E-state index is 0.829. The first-order valence-corrected chi connectivity index (χ1v) is 2.66. The molecule has 1 unspecified atom stereocenters. The first kappa shape index (κ1) is 12.3. The number of hydrazine groups is 1. The molecule has 0 aliphatic heterocycles. The number of nitrogens with one attached hydrogen (secondary N) is 1. The van der Waals surface area contributed by atoms with Crippen LogP contribution in [0.3, 0.4) is 0 Å². The highest BCUT2D eigenvalue weighted by atomic mass is 16.4. The summed E-state index contributed by atoms with van der Waals surface area (Å²) < 4.78 is 0. The minimum Gasteiger partial charge on any atom is -0.480 e. The van der Waals surface area contributed by atoms with Crippen molar-refractivity contribution < 1.29 is 14.7 Å². The number of carbonyl (C=O) groups is 2. The summed E-state index contributed by atoms with van der Waals surface area (Å²) in [4.78, 5) is 19.9. The fraction of sp³-hybridized carbons (Fsp3) is 0.500. The molecule has 0 aromatic carbocycles. The van der Waals surface area contributed by atoms with Crippen molar-refractivity contribution in [2.45, 2.75) is 13.0 Å². The quantitative estimate of drug-likeness (QED) is 0.235. The van der Waals surface area contributed by atoms with Crippen LogP contribution < -0.4 is 22.7 Å². The third-order valence-corrected chi connectivity index (χ3v) is 0.729. The highest BCUT2D eigenvalue weighted by Gasteiger charge is 2.10. The summed E-state index contributed by atoms with van der Waals surface area (Å²) in [5.74, 6) is 6.90. The fourth-order valence-electron chi connectivity index (χ4n) is 0.275. The molecule has 0 fully saturated rings. The van der Waals surface area contributed by atoms with E-state index in [1.807, 2.05) is 5.32 Å². The van der Waals surface area contributed by atoms with Gasteiger partial charge in [-0.1, -0.05) is 0 Å². The number of urea groups is 1. The van der Waals surface area contributed by atoms with Gasteiger partial charge in [0, 0.05) is 0 Å². The summed E-state index contributed by atoms with van der Waals surface area (Å²) in [6.45, 7) is 1.33. The van der Waals surface area contributed by atoms with Gasteiger partial charge in [-0.2, -0.15) is 0 Å². The first-order valence-electron chi connectivity index (χ1n) is 2.66. The van der Waals surface area contributed by atoms with E-state index >= 15 is 0 Å². The van der Waals surface area contributed by atoms with Gasteiger partial charge in [0.15, 0.2) is 0 Å². The van der Waals surface area contributed by atoms with Gasteiger partial charge in [-0.05, 0) is 6.92 Å². The summed E-state index contributed by atoms with van der Waals surface area (Å²) in [6.07, 6.45) is 0. The number of hydrogen-bond acceptors (Lipinski definition) is 4. The van der Waals surface area contributed by atoms with Crippen LogP contribution in [0.1, 0.15) is 6.92 Å². The van der Waals surface area contributed by atoms with Gasteiger partial charge < -0.3 is 16.2 Å². The van der Waals surface area contributed by atoms with Gasteiger partial charge in [-0.3, -0.25) is 16.5 Å². The van der Waals surface area contributed by atoms with Crippen molar-refractivity contribution in [1.82, 2.24) is 5.32 Å². The standard InChI is InChI=1S/C4H8N2O3.H4N2/c1-2(3(7)8)6-4(5)9;1-2/h2H,1H3,(H,7,8)(H3,5,6,9);1-2H2. The van der Waals surface area contributed by atoms with Gasteiger partial charge in [0.1, 0.15) is 6.04 Å². The molecule has 0 aromatic rings. The maximum atomic E-state index is 9.96.